The van der Waals surface area contributed by atoms with E-state index in [9.17, 15) is 9.59 Å². The molecule has 0 atom stereocenters. The Hall–Kier alpha value is -2.04. The molecule has 0 radical (unpaired) electrons. The average Bonchev–Trinajstić information content (AvgIpc) is 2.51. The largest absolute Gasteiger partial charge is 0.326 e. The van der Waals surface area contributed by atoms with Gasteiger partial charge in [0.1, 0.15) is 0 Å². The standard InChI is InChI=1S/C18H18Cl2N2O2/c1-11(23)21-13-5-7-14(8-6-13)22-17(24)18(2,3)12-4-9-15(19)16(20)10-12/h4-10H,1-3H3,(H,21,23)(H,22,24). The van der Waals surface area contributed by atoms with Crippen molar-refractivity contribution in [1.82, 2.24) is 0 Å². The first-order chi connectivity index (χ1) is 11.2. The highest BCUT2D eigenvalue weighted by Crippen LogP contribution is 2.31. The Labute approximate surface area is 151 Å². The molecule has 0 aliphatic heterocycles. The number of anilines is 2. The number of amides is 2. The van der Waals surface area contributed by atoms with E-state index < -0.39 is 5.41 Å². The monoisotopic (exact) mass is 364 g/mol. The molecular weight excluding hydrogens is 347 g/mol. The van der Waals surface area contributed by atoms with Crippen LogP contribution in [-0.4, -0.2) is 11.8 Å². The highest BCUT2D eigenvalue weighted by atomic mass is 35.5. The van der Waals surface area contributed by atoms with Gasteiger partial charge in [-0.3, -0.25) is 9.59 Å². The third-order valence-corrected chi connectivity index (χ3v) is 4.41. The van der Waals surface area contributed by atoms with Gasteiger partial charge in [0, 0.05) is 18.3 Å². The van der Waals surface area contributed by atoms with Gasteiger partial charge in [0.05, 0.1) is 15.5 Å². The minimum atomic E-state index is -0.787. The van der Waals surface area contributed by atoms with Crippen LogP contribution in [0, 0.1) is 0 Å². The molecule has 0 aliphatic rings. The van der Waals surface area contributed by atoms with Gasteiger partial charge in [0.25, 0.3) is 0 Å². The molecule has 0 fully saturated rings. The summed E-state index contributed by atoms with van der Waals surface area (Å²) < 4.78 is 0. The zero-order chi connectivity index (χ0) is 17.9. The van der Waals surface area contributed by atoms with Gasteiger partial charge in [-0.05, 0) is 55.8 Å². The number of nitrogens with one attached hydrogen (secondary N) is 2. The van der Waals surface area contributed by atoms with E-state index in [0.717, 1.165) is 5.56 Å². The maximum Gasteiger partial charge on any atom is 0.234 e. The first-order valence-electron chi connectivity index (χ1n) is 7.35. The molecule has 0 spiro atoms. The highest BCUT2D eigenvalue weighted by molar-refractivity contribution is 6.42. The van der Waals surface area contributed by atoms with E-state index >= 15 is 0 Å². The maximum absolute atomic E-state index is 12.6. The van der Waals surface area contributed by atoms with Crippen molar-refractivity contribution in [2.45, 2.75) is 26.2 Å². The molecule has 6 heteroatoms. The van der Waals surface area contributed by atoms with Crippen molar-refractivity contribution in [2.24, 2.45) is 0 Å². The average molecular weight is 365 g/mol. The van der Waals surface area contributed by atoms with E-state index in [1.807, 2.05) is 13.8 Å². The van der Waals surface area contributed by atoms with Crippen molar-refractivity contribution in [2.75, 3.05) is 10.6 Å². The van der Waals surface area contributed by atoms with Crippen molar-refractivity contribution in [3.63, 3.8) is 0 Å². The summed E-state index contributed by atoms with van der Waals surface area (Å²) in [6, 6.07) is 12.1. The summed E-state index contributed by atoms with van der Waals surface area (Å²) >= 11 is 12.0. The van der Waals surface area contributed by atoms with Gasteiger partial charge in [-0.15, -0.1) is 0 Å². The summed E-state index contributed by atoms with van der Waals surface area (Å²) in [6.07, 6.45) is 0. The van der Waals surface area contributed by atoms with Crippen LogP contribution in [0.2, 0.25) is 10.0 Å². The third kappa shape index (κ3) is 4.28. The Morgan fingerprint density at radius 3 is 1.92 bits per heavy atom. The molecule has 0 saturated heterocycles. The normalized spacial score (nSPS) is 11.0. The van der Waals surface area contributed by atoms with Gasteiger partial charge < -0.3 is 10.6 Å². The molecule has 126 valence electrons. The van der Waals surface area contributed by atoms with Crippen molar-refractivity contribution < 1.29 is 9.59 Å². The summed E-state index contributed by atoms with van der Waals surface area (Å²) in [7, 11) is 0. The highest BCUT2D eigenvalue weighted by Gasteiger charge is 2.30. The second kappa shape index (κ2) is 7.24. The van der Waals surface area contributed by atoms with E-state index in [0.29, 0.717) is 21.4 Å². The Morgan fingerprint density at radius 2 is 1.42 bits per heavy atom. The van der Waals surface area contributed by atoms with Crippen molar-refractivity contribution >= 4 is 46.4 Å². The van der Waals surface area contributed by atoms with Crippen LogP contribution in [0.5, 0.6) is 0 Å². The van der Waals surface area contributed by atoms with Gasteiger partial charge in [0.2, 0.25) is 11.8 Å². The molecule has 0 aromatic heterocycles. The zero-order valence-corrected chi connectivity index (χ0v) is 15.1. The molecule has 2 amide bonds. The molecule has 0 bridgehead atoms. The molecule has 24 heavy (non-hydrogen) atoms. The van der Waals surface area contributed by atoms with Gasteiger partial charge >= 0.3 is 0 Å². The molecule has 2 aromatic carbocycles. The van der Waals surface area contributed by atoms with Gasteiger partial charge in [-0.1, -0.05) is 29.3 Å². The Morgan fingerprint density at radius 1 is 0.875 bits per heavy atom. The molecule has 2 N–H and O–H groups in total. The van der Waals surface area contributed by atoms with Crippen LogP contribution in [0.4, 0.5) is 11.4 Å². The first-order valence-corrected chi connectivity index (χ1v) is 8.10. The van der Waals surface area contributed by atoms with Crippen LogP contribution < -0.4 is 10.6 Å². The first kappa shape index (κ1) is 18.3. The SMILES string of the molecule is CC(=O)Nc1ccc(NC(=O)C(C)(C)c2ccc(Cl)c(Cl)c2)cc1. The van der Waals surface area contributed by atoms with E-state index in [4.69, 9.17) is 23.2 Å². The second-order valence-corrected chi connectivity index (χ2v) is 6.78. The number of hydrogen-bond donors (Lipinski definition) is 2. The lowest BCUT2D eigenvalue weighted by molar-refractivity contribution is -0.120. The molecule has 2 rings (SSSR count). The topological polar surface area (TPSA) is 58.2 Å². The van der Waals surface area contributed by atoms with Crippen LogP contribution in [0.15, 0.2) is 42.5 Å². The third-order valence-electron chi connectivity index (χ3n) is 3.67. The molecule has 0 heterocycles. The summed E-state index contributed by atoms with van der Waals surface area (Å²) in [4.78, 5) is 23.7. The summed E-state index contributed by atoms with van der Waals surface area (Å²) in [5.74, 6) is -0.319. The number of hydrogen-bond acceptors (Lipinski definition) is 2. The fraction of sp³-hybridized carbons (Fsp3) is 0.222. The van der Waals surface area contributed by atoms with E-state index in [1.165, 1.54) is 6.92 Å². The van der Waals surface area contributed by atoms with Crippen molar-refractivity contribution in [3.05, 3.63) is 58.1 Å². The lowest BCUT2D eigenvalue weighted by Crippen LogP contribution is -2.34. The van der Waals surface area contributed by atoms with Gasteiger partial charge in [-0.25, -0.2) is 0 Å². The minimum Gasteiger partial charge on any atom is -0.326 e. The van der Waals surface area contributed by atoms with E-state index in [1.54, 1.807) is 42.5 Å². The number of benzene rings is 2. The zero-order valence-electron chi connectivity index (χ0n) is 13.6. The predicted octanol–water partition coefficient (Wildman–Crippen LogP) is 4.87. The van der Waals surface area contributed by atoms with Crippen LogP contribution in [0.25, 0.3) is 0 Å². The number of carbonyl (C=O) groups excluding carboxylic acids is 2. The molecule has 4 nitrogen and oxygen atoms in total. The Balaban J connectivity index is 2.15. The maximum atomic E-state index is 12.6. The number of rotatable bonds is 4. The smallest absolute Gasteiger partial charge is 0.234 e. The molecule has 0 unspecified atom stereocenters. The lowest BCUT2D eigenvalue weighted by Gasteiger charge is -2.24. The molecule has 0 saturated carbocycles. The summed E-state index contributed by atoms with van der Waals surface area (Å²) in [5.41, 5.74) is 1.29. The predicted molar refractivity (Wildman–Crippen MR) is 98.9 cm³/mol. The van der Waals surface area contributed by atoms with Crippen molar-refractivity contribution in [3.8, 4) is 0 Å². The van der Waals surface area contributed by atoms with Crippen LogP contribution in [0.1, 0.15) is 26.3 Å². The Bertz CT molecular complexity index is 771. The summed E-state index contributed by atoms with van der Waals surface area (Å²) in [5, 5.41) is 6.40. The second-order valence-electron chi connectivity index (χ2n) is 5.97. The van der Waals surface area contributed by atoms with Gasteiger partial charge in [0.15, 0.2) is 0 Å². The molecule has 0 aliphatic carbocycles. The van der Waals surface area contributed by atoms with Crippen LogP contribution >= 0.6 is 23.2 Å². The van der Waals surface area contributed by atoms with E-state index in [-0.39, 0.29) is 11.8 Å². The number of halogens is 2. The minimum absolute atomic E-state index is 0.146. The van der Waals surface area contributed by atoms with Crippen molar-refractivity contribution in [1.29, 1.82) is 0 Å². The van der Waals surface area contributed by atoms with Crippen LogP contribution in [0.3, 0.4) is 0 Å². The molecule has 2 aromatic rings. The Kier molecular flexibility index (Phi) is 5.52. The fourth-order valence-electron chi connectivity index (χ4n) is 2.14. The van der Waals surface area contributed by atoms with Crippen LogP contribution in [-0.2, 0) is 15.0 Å². The number of carbonyl (C=O) groups is 2. The molecular formula is C18H18Cl2N2O2. The summed E-state index contributed by atoms with van der Waals surface area (Å²) in [6.45, 7) is 5.07. The van der Waals surface area contributed by atoms with E-state index in [2.05, 4.69) is 10.6 Å². The lowest BCUT2D eigenvalue weighted by atomic mass is 9.83. The van der Waals surface area contributed by atoms with Gasteiger partial charge in [-0.2, -0.15) is 0 Å². The fourth-order valence-corrected chi connectivity index (χ4v) is 2.44. The quantitative estimate of drug-likeness (QED) is 0.812.